The fourth-order valence-corrected chi connectivity index (χ4v) is 4.65. The standard InChI is InChI=1S/C15H20O2/c1-14(2)6-11-10(14)5-4-9(8-16)13-12(17)7-15(11,13)3/h4,8,10-11,13H,5-7H2,1-3H3. The third-order valence-corrected chi connectivity index (χ3v) is 5.70. The summed E-state index contributed by atoms with van der Waals surface area (Å²) in [7, 11) is 0. The Morgan fingerprint density at radius 2 is 2.00 bits per heavy atom. The Hall–Kier alpha value is -0.920. The predicted molar refractivity (Wildman–Crippen MR) is 65.4 cm³/mol. The highest BCUT2D eigenvalue weighted by Crippen LogP contribution is 2.67. The van der Waals surface area contributed by atoms with Crippen LogP contribution in [0.3, 0.4) is 0 Å². The van der Waals surface area contributed by atoms with Gasteiger partial charge >= 0.3 is 0 Å². The Kier molecular flexibility index (Phi) is 2.04. The number of Topliss-reactive ketones (excluding diaryl/α,β-unsaturated/α-hetero) is 1. The number of aldehydes is 1. The summed E-state index contributed by atoms with van der Waals surface area (Å²) in [5, 5.41) is 0. The van der Waals surface area contributed by atoms with E-state index in [-0.39, 0.29) is 17.1 Å². The average molecular weight is 232 g/mol. The molecule has 4 unspecified atom stereocenters. The van der Waals surface area contributed by atoms with Gasteiger partial charge in [0.25, 0.3) is 0 Å². The zero-order valence-corrected chi connectivity index (χ0v) is 10.8. The van der Waals surface area contributed by atoms with Crippen LogP contribution in [0.5, 0.6) is 0 Å². The van der Waals surface area contributed by atoms with Gasteiger partial charge in [-0.3, -0.25) is 9.59 Å². The molecule has 2 heteroatoms. The predicted octanol–water partition coefficient (Wildman–Crippen LogP) is 2.77. The molecule has 2 saturated carbocycles. The fourth-order valence-electron chi connectivity index (χ4n) is 4.65. The first-order chi connectivity index (χ1) is 7.90. The summed E-state index contributed by atoms with van der Waals surface area (Å²) in [4.78, 5) is 23.0. The van der Waals surface area contributed by atoms with Crippen molar-refractivity contribution in [3.05, 3.63) is 11.6 Å². The summed E-state index contributed by atoms with van der Waals surface area (Å²) < 4.78 is 0. The Balaban J connectivity index is 2.00. The quantitative estimate of drug-likeness (QED) is 0.651. The molecule has 0 heterocycles. The molecule has 2 fully saturated rings. The first kappa shape index (κ1) is 11.2. The highest BCUT2D eigenvalue weighted by Gasteiger charge is 2.64. The number of carbonyl (C=O) groups is 2. The van der Waals surface area contributed by atoms with Crippen LogP contribution in [-0.2, 0) is 9.59 Å². The maximum Gasteiger partial charge on any atom is 0.146 e. The molecular formula is C15H20O2. The summed E-state index contributed by atoms with van der Waals surface area (Å²) in [6.45, 7) is 6.84. The lowest BCUT2D eigenvalue weighted by Gasteiger charge is -2.62. The zero-order chi connectivity index (χ0) is 12.4. The molecule has 0 aromatic carbocycles. The largest absolute Gasteiger partial charge is 0.299 e. The average Bonchev–Trinajstić information content (AvgIpc) is 2.31. The number of hydrogen-bond acceptors (Lipinski definition) is 2. The van der Waals surface area contributed by atoms with Crippen molar-refractivity contribution in [2.24, 2.45) is 28.6 Å². The van der Waals surface area contributed by atoms with Gasteiger partial charge in [-0.05, 0) is 41.1 Å². The van der Waals surface area contributed by atoms with Gasteiger partial charge in [0.1, 0.15) is 12.1 Å². The molecule has 3 rings (SSSR count). The molecule has 0 bridgehead atoms. The molecule has 0 amide bonds. The van der Waals surface area contributed by atoms with Crippen LogP contribution in [0.4, 0.5) is 0 Å². The van der Waals surface area contributed by atoms with E-state index in [4.69, 9.17) is 0 Å². The van der Waals surface area contributed by atoms with Crippen LogP contribution in [0.2, 0.25) is 0 Å². The van der Waals surface area contributed by atoms with E-state index in [2.05, 4.69) is 20.8 Å². The van der Waals surface area contributed by atoms with Crippen molar-refractivity contribution >= 4 is 12.1 Å². The molecule has 2 nitrogen and oxygen atoms in total. The Labute approximate surface area is 102 Å². The van der Waals surface area contributed by atoms with Crippen LogP contribution in [0.25, 0.3) is 0 Å². The molecule has 4 atom stereocenters. The number of rotatable bonds is 1. The van der Waals surface area contributed by atoms with E-state index in [9.17, 15) is 9.59 Å². The molecular weight excluding hydrogens is 212 g/mol. The van der Waals surface area contributed by atoms with Crippen molar-refractivity contribution in [2.45, 2.75) is 40.0 Å². The topological polar surface area (TPSA) is 34.1 Å². The lowest BCUT2D eigenvalue weighted by Crippen LogP contribution is -2.59. The lowest BCUT2D eigenvalue weighted by atomic mass is 9.41. The second kappa shape index (κ2) is 3.09. The minimum absolute atomic E-state index is 0.0700. The monoisotopic (exact) mass is 232 g/mol. The minimum atomic E-state index is -0.0916. The van der Waals surface area contributed by atoms with E-state index in [0.29, 0.717) is 23.7 Å². The molecule has 17 heavy (non-hydrogen) atoms. The molecule has 0 N–H and O–H groups in total. The molecule has 0 aliphatic heterocycles. The van der Waals surface area contributed by atoms with Crippen molar-refractivity contribution in [3.8, 4) is 0 Å². The third-order valence-electron chi connectivity index (χ3n) is 5.70. The Morgan fingerprint density at radius 1 is 1.29 bits per heavy atom. The van der Waals surface area contributed by atoms with Crippen LogP contribution in [0, 0.1) is 28.6 Å². The summed E-state index contributed by atoms with van der Waals surface area (Å²) in [6, 6.07) is 0. The molecule has 0 aromatic rings. The number of fused-ring (bicyclic) bond motifs is 3. The number of carbonyl (C=O) groups excluding carboxylic acids is 2. The second-order valence-corrected chi connectivity index (χ2v) is 7.05. The van der Waals surface area contributed by atoms with Gasteiger partial charge in [0.2, 0.25) is 0 Å². The van der Waals surface area contributed by atoms with Crippen molar-refractivity contribution < 1.29 is 9.59 Å². The number of hydrogen-bond donors (Lipinski definition) is 0. The van der Waals surface area contributed by atoms with Gasteiger partial charge in [0, 0.05) is 6.42 Å². The van der Waals surface area contributed by atoms with Crippen LogP contribution < -0.4 is 0 Å². The SMILES string of the molecule is CC1(C)CC2C1CC=C(C=O)C1C(=O)CC12C. The van der Waals surface area contributed by atoms with Crippen LogP contribution in [0.1, 0.15) is 40.0 Å². The first-order valence-corrected chi connectivity index (χ1v) is 6.58. The Morgan fingerprint density at radius 3 is 2.53 bits per heavy atom. The van der Waals surface area contributed by atoms with Gasteiger partial charge in [0.15, 0.2) is 0 Å². The summed E-state index contributed by atoms with van der Waals surface area (Å²) in [5.41, 5.74) is 1.21. The van der Waals surface area contributed by atoms with Crippen LogP contribution >= 0.6 is 0 Å². The van der Waals surface area contributed by atoms with E-state index in [1.165, 1.54) is 6.42 Å². The highest BCUT2D eigenvalue weighted by molar-refractivity contribution is 5.97. The molecule has 0 saturated heterocycles. The smallest absolute Gasteiger partial charge is 0.146 e. The van der Waals surface area contributed by atoms with E-state index in [1.54, 1.807) is 0 Å². The summed E-state index contributed by atoms with van der Waals surface area (Å²) >= 11 is 0. The third kappa shape index (κ3) is 1.22. The van der Waals surface area contributed by atoms with Crippen molar-refractivity contribution in [1.82, 2.24) is 0 Å². The molecule has 0 aromatic heterocycles. The number of allylic oxidation sites excluding steroid dienone is 2. The van der Waals surface area contributed by atoms with Gasteiger partial charge in [-0.2, -0.15) is 0 Å². The first-order valence-electron chi connectivity index (χ1n) is 6.58. The lowest BCUT2D eigenvalue weighted by molar-refractivity contribution is -0.164. The Bertz CT molecular complexity index is 432. The maximum atomic E-state index is 11.8. The fraction of sp³-hybridized carbons (Fsp3) is 0.733. The van der Waals surface area contributed by atoms with Gasteiger partial charge in [-0.25, -0.2) is 0 Å². The molecule has 3 aliphatic carbocycles. The van der Waals surface area contributed by atoms with Gasteiger partial charge < -0.3 is 0 Å². The summed E-state index contributed by atoms with van der Waals surface area (Å²) in [5.74, 6) is 1.47. The summed E-state index contributed by atoms with van der Waals surface area (Å²) in [6.07, 6.45) is 5.82. The van der Waals surface area contributed by atoms with E-state index < -0.39 is 0 Å². The maximum absolute atomic E-state index is 11.8. The molecule has 0 spiro atoms. The van der Waals surface area contributed by atoms with Crippen molar-refractivity contribution in [3.63, 3.8) is 0 Å². The van der Waals surface area contributed by atoms with Crippen LogP contribution in [-0.4, -0.2) is 12.1 Å². The highest BCUT2D eigenvalue weighted by atomic mass is 16.1. The molecule has 92 valence electrons. The molecule has 3 aliphatic rings. The van der Waals surface area contributed by atoms with Gasteiger partial charge in [-0.15, -0.1) is 0 Å². The zero-order valence-electron chi connectivity index (χ0n) is 10.8. The second-order valence-electron chi connectivity index (χ2n) is 7.05. The minimum Gasteiger partial charge on any atom is -0.299 e. The van der Waals surface area contributed by atoms with Gasteiger partial charge in [-0.1, -0.05) is 26.8 Å². The number of ketones is 1. The van der Waals surface area contributed by atoms with Crippen molar-refractivity contribution in [1.29, 1.82) is 0 Å². The van der Waals surface area contributed by atoms with Gasteiger partial charge in [0.05, 0.1) is 5.92 Å². The van der Waals surface area contributed by atoms with E-state index >= 15 is 0 Å². The van der Waals surface area contributed by atoms with Crippen molar-refractivity contribution in [2.75, 3.05) is 0 Å². The van der Waals surface area contributed by atoms with E-state index in [1.807, 2.05) is 6.08 Å². The normalized spacial score (nSPS) is 46.6. The van der Waals surface area contributed by atoms with Crippen LogP contribution in [0.15, 0.2) is 11.6 Å². The molecule has 0 radical (unpaired) electrons. The van der Waals surface area contributed by atoms with E-state index in [0.717, 1.165) is 18.3 Å².